The van der Waals surface area contributed by atoms with E-state index < -0.39 is 70.7 Å². The van der Waals surface area contributed by atoms with Crippen LogP contribution in [0.5, 0.6) is 0 Å². The zero-order valence-corrected chi connectivity index (χ0v) is 25.4. The van der Waals surface area contributed by atoms with Crippen molar-refractivity contribution in [3.8, 4) is 28.5 Å². The van der Waals surface area contributed by atoms with Gasteiger partial charge in [0.25, 0.3) is 11.8 Å². The zero-order valence-electron chi connectivity index (χ0n) is 24.6. The van der Waals surface area contributed by atoms with Crippen molar-refractivity contribution >= 4 is 46.0 Å². The Kier molecular flexibility index (Phi) is 9.62. The molecule has 0 spiro atoms. The quantitative estimate of drug-likeness (QED) is 0.136. The van der Waals surface area contributed by atoms with Crippen molar-refractivity contribution < 1.29 is 44.7 Å². The molecule has 4 rings (SSSR count). The lowest BCUT2D eigenvalue weighted by molar-refractivity contribution is -0.116. The standard InChI is InChI=1S/C30H24ClF7N6O3/c1-28(2,11-39)44-25(45)19-8-15(9-20(31)22(19)41-12-29(33,34)35)17-10-18-21(26(46)40-3)23(14-4-6-16(32)7-5-14)47-27(18)43-24(17)42-13-30(36,37)38/h4-10,41H,12-13H2,1-3H3,(H,40,46)(H,42,43)(H,44,45). The van der Waals surface area contributed by atoms with E-state index in [0.29, 0.717) is 0 Å². The number of halogens is 8. The summed E-state index contributed by atoms with van der Waals surface area (Å²) in [7, 11) is 1.31. The number of furan rings is 1. The number of fused-ring (bicyclic) bond motifs is 1. The predicted molar refractivity (Wildman–Crippen MR) is 159 cm³/mol. The van der Waals surface area contributed by atoms with Crippen LogP contribution < -0.4 is 21.3 Å². The first-order valence-electron chi connectivity index (χ1n) is 13.5. The highest BCUT2D eigenvalue weighted by Crippen LogP contribution is 2.41. The molecule has 2 aromatic carbocycles. The van der Waals surface area contributed by atoms with Gasteiger partial charge >= 0.3 is 12.4 Å². The number of alkyl halides is 6. The molecule has 0 aliphatic carbocycles. The van der Waals surface area contributed by atoms with Crippen molar-refractivity contribution in [1.29, 1.82) is 5.26 Å². The summed E-state index contributed by atoms with van der Waals surface area (Å²) in [5.41, 5.74) is -2.87. The number of rotatable bonds is 9. The van der Waals surface area contributed by atoms with Gasteiger partial charge in [0.05, 0.1) is 33.3 Å². The largest absolute Gasteiger partial charge is 0.437 e. The molecule has 47 heavy (non-hydrogen) atoms. The Hall–Kier alpha value is -5.04. The van der Waals surface area contributed by atoms with Crippen LogP contribution in [0.1, 0.15) is 34.6 Å². The van der Waals surface area contributed by atoms with Crippen molar-refractivity contribution in [1.82, 2.24) is 15.6 Å². The Labute approximate surface area is 267 Å². The average molecular weight is 685 g/mol. The zero-order chi connectivity index (χ0) is 34.9. The second-order valence-corrected chi connectivity index (χ2v) is 11.0. The number of pyridine rings is 1. The van der Waals surface area contributed by atoms with Gasteiger partial charge in [-0.2, -0.15) is 36.6 Å². The van der Waals surface area contributed by atoms with Gasteiger partial charge in [0.2, 0.25) is 5.71 Å². The topological polar surface area (TPSA) is 132 Å². The smallest absolute Gasteiger partial charge is 0.405 e. The van der Waals surface area contributed by atoms with Crippen LogP contribution in [0.3, 0.4) is 0 Å². The Balaban J connectivity index is 2.02. The summed E-state index contributed by atoms with van der Waals surface area (Å²) < 4.78 is 98.8. The molecule has 2 amide bonds. The number of amides is 2. The molecule has 2 heterocycles. The molecule has 0 fully saturated rings. The van der Waals surface area contributed by atoms with E-state index in [-0.39, 0.29) is 39.1 Å². The molecule has 4 aromatic rings. The maximum absolute atomic E-state index is 13.6. The first-order valence-corrected chi connectivity index (χ1v) is 13.8. The minimum atomic E-state index is -4.74. The predicted octanol–water partition coefficient (Wildman–Crippen LogP) is 7.29. The number of carbonyl (C=O) groups is 2. The number of aromatic nitrogens is 1. The highest BCUT2D eigenvalue weighted by Gasteiger charge is 2.32. The van der Waals surface area contributed by atoms with Crippen molar-refractivity contribution in [2.75, 3.05) is 30.8 Å². The molecular formula is C30H24ClF7N6O3. The van der Waals surface area contributed by atoms with Crippen molar-refractivity contribution in [2.24, 2.45) is 0 Å². The molecule has 17 heteroatoms. The minimum Gasteiger partial charge on any atom is -0.437 e. The van der Waals surface area contributed by atoms with Crippen LogP contribution in [0.2, 0.25) is 5.02 Å². The molecule has 0 aliphatic heterocycles. The minimum absolute atomic E-state index is 0.0109. The van der Waals surface area contributed by atoms with Crippen LogP contribution in [-0.2, 0) is 0 Å². The maximum Gasteiger partial charge on any atom is 0.405 e. The van der Waals surface area contributed by atoms with E-state index in [1.54, 1.807) is 0 Å². The van der Waals surface area contributed by atoms with E-state index >= 15 is 0 Å². The molecule has 0 saturated carbocycles. The number of hydrogen-bond acceptors (Lipinski definition) is 7. The lowest BCUT2D eigenvalue weighted by atomic mass is 9.98. The number of anilines is 2. The highest BCUT2D eigenvalue weighted by molar-refractivity contribution is 6.34. The third-order valence-electron chi connectivity index (χ3n) is 6.52. The van der Waals surface area contributed by atoms with Gasteiger partial charge in [-0.3, -0.25) is 9.59 Å². The van der Waals surface area contributed by atoms with E-state index in [1.807, 2.05) is 6.07 Å². The fourth-order valence-electron chi connectivity index (χ4n) is 4.41. The molecule has 9 nitrogen and oxygen atoms in total. The van der Waals surface area contributed by atoms with Crippen LogP contribution in [0, 0.1) is 17.1 Å². The van der Waals surface area contributed by atoms with Crippen LogP contribution in [-0.4, -0.2) is 54.8 Å². The van der Waals surface area contributed by atoms with E-state index in [0.717, 1.165) is 24.3 Å². The lowest BCUT2D eigenvalue weighted by Gasteiger charge is -2.21. The first-order chi connectivity index (χ1) is 21.8. The van der Waals surface area contributed by atoms with Crippen molar-refractivity contribution in [3.05, 3.63) is 64.4 Å². The summed E-state index contributed by atoms with van der Waals surface area (Å²) >= 11 is 6.37. The van der Waals surface area contributed by atoms with Gasteiger partial charge in [0.1, 0.15) is 36.0 Å². The molecule has 0 bridgehead atoms. The molecular weight excluding hydrogens is 661 g/mol. The summed E-state index contributed by atoms with van der Waals surface area (Å²) in [6.07, 6.45) is -9.47. The monoisotopic (exact) mass is 684 g/mol. The molecule has 0 aliphatic rings. The Morgan fingerprint density at radius 2 is 1.55 bits per heavy atom. The van der Waals surface area contributed by atoms with Gasteiger partial charge in [0.15, 0.2) is 0 Å². The van der Waals surface area contributed by atoms with Crippen LogP contribution in [0.4, 0.5) is 42.2 Å². The summed E-state index contributed by atoms with van der Waals surface area (Å²) in [4.78, 5) is 30.5. The number of nitrogens with zero attached hydrogens (tertiary/aromatic N) is 2. The van der Waals surface area contributed by atoms with Gasteiger partial charge in [-0.15, -0.1) is 0 Å². The molecule has 0 atom stereocenters. The number of carbonyl (C=O) groups excluding carboxylic acids is 2. The van der Waals surface area contributed by atoms with E-state index in [9.17, 15) is 45.6 Å². The highest BCUT2D eigenvalue weighted by atomic mass is 35.5. The number of nitrogens with one attached hydrogen (secondary N) is 4. The van der Waals surface area contributed by atoms with Gasteiger partial charge in [-0.25, -0.2) is 4.39 Å². The van der Waals surface area contributed by atoms with Crippen LogP contribution in [0.25, 0.3) is 33.6 Å². The second kappa shape index (κ2) is 13.0. The first kappa shape index (κ1) is 34.8. The van der Waals surface area contributed by atoms with Gasteiger partial charge < -0.3 is 25.7 Å². The third kappa shape index (κ3) is 8.22. The lowest BCUT2D eigenvalue weighted by Crippen LogP contribution is -2.42. The molecule has 248 valence electrons. The number of nitriles is 1. The van der Waals surface area contributed by atoms with Gasteiger partial charge in [-0.1, -0.05) is 11.6 Å². The van der Waals surface area contributed by atoms with Crippen molar-refractivity contribution in [3.63, 3.8) is 0 Å². The summed E-state index contributed by atoms with van der Waals surface area (Å²) in [6, 6.07) is 10.0. The van der Waals surface area contributed by atoms with E-state index in [2.05, 4.69) is 26.3 Å². The SMILES string of the molecule is CNC(=O)c1c(-c2ccc(F)cc2)oc2nc(NCC(F)(F)F)c(-c3cc(Cl)c(NCC(F)(F)F)c(C(=O)NC(C)(C)C#N)c3)cc12. The Bertz CT molecular complexity index is 1880. The second-order valence-electron chi connectivity index (χ2n) is 10.6. The molecule has 2 aromatic heterocycles. The Morgan fingerprint density at radius 1 is 0.936 bits per heavy atom. The molecule has 0 radical (unpaired) electrons. The molecule has 0 unspecified atom stereocenters. The average Bonchev–Trinajstić information content (AvgIpc) is 3.35. The summed E-state index contributed by atoms with van der Waals surface area (Å²) in [5.74, 6) is -2.86. The maximum atomic E-state index is 13.6. The number of hydrogen-bond donors (Lipinski definition) is 4. The fourth-order valence-corrected chi connectivity index (χ4v) is 4.69. The summed E-state index contributed by atoms with van der Waals surface area (Å²) in [6.45, 7) is -0.534. The molecule has 4 N–H and O–H groups in total. The van der Waals surface area contributed by atoms with Crippen molar-refractivity contribution in [2.45, 2.75) is 31.7 Å². The van der Waals surface area contributed by atoms with Gasteiger partial charge in [0, 0.05) is 18.2 Å². The van der Waals surface area contributed by atoms with Crippen LogP contribution in [0.15, 0.2) is 46.9 Å². The Morgan fingerprint density at radius 3 is 2.13 bits per heavy atom. The normalized spacial score (nSPS) is 12.0. The fraction of sp³-hybridized carbons (Fsp3) is 0.267. The molecule has 0 saturated heterocycles. The third-order valence-corrected chi connectivity index (χ3v) is 6.81. The van der Waals surface area contributed by atoms with E-state index in [4.69, 9.17) is 16.0 Å². The summed E-state index contributed by atoms with van der Waals surface area (Å²) in [5, 5.41) is 17.9. The van der Waals surface area contributed by atoms with Gasteiger partial charge in [-0.05, 0) is 61.9 Å². The van der Waals surface area contributed by atoms with E-state index in [1.165, 1.54) is 39.1 Å². The number of benzene rings is 2. The van der Waals surface area contributed by atoms with Crippen LogP contribution >= 0.6 is 11.6 Å².